The highest BCUT2D eigenvalue weighted by molar-refractivity contribution is 6.04. The van der Waals surface area contributed by atoms with Gasteiger partial charge in [0.1, 0.15) is 0 Å². The number of nitrogens with one attached hydrogen (secondary N) is 1. The zero-order valence-electron chi connectivity index (χ0n) is 12.0. The standard InChI is InChI=1S/C16H22N2O2/c1-18-15(20)13(9-17)14(19)8-16-5-10-2-11(6-16)4-12(3-10)7-16/h10-13H,2-8H2,1H3,(H,18,20)/t10?,11?,12?,13-,16?/m1/s1. The van der Waals surface area contributed by atoms with E-state index in [9.17, 15) is 9.59 Å². The maximum Gasteiger partial charge on any atom is 0.244 e. The van der Waals surface area contributed by atoms with Gasteiger partial charge in [0.25, 0.3) is 0 Å². The van der Waals surface area contributed by atoms with E-state index in [-0.39, 0.29) is 11.2 Å². The number of rotatable bonds is 4. The molecule has 0 aromatic rings. The largest absolute Gasteiger partial charge is 0.358 e. The number of nitrogens with zero attached hydrogens (tertiary/aromatic N) is 1. The highest BCUT2D eigenvalue weighted by atomic mass is 16.2. The minimum Gasteiger partial charge on any atom is -0.358 e. The maximum atomic E-state index is 12.4. The monoisotopic (exact) mass is 274 g/mol. The lowest BCUT2D eigenvalue weighted by Gasteiger charge is -2.56. The van der Waals surface area contributed by atoms with Crippen LogP contribution in [0.1, 0.15) is 44.9 Å². The average Bonchev–Trinajstić information content (AvgIpc) is 2.36. The van der Waals surface area contributed by atoms with Gasteiger partial charge in [-0.15, -0.1) is 0 Å². The van der Waals surface area contributed by atoms with Crippen molar-refractivity contribution in [2.24, 2.45) is 29.1 Å². The highest BCUT2D eigenvalue weighted by Gasteiger charge is 2.52. The number of nitriles is 1. The Hall–Kier alpha value is -1.37. The zero-order chi connectivity index (χ0) is 14.3. The van der Waals surface area contributed by atoms with Crippen LogP contribution in [0.3, 0.4) is 0 Å². The van der Waals surface area contributed by atoms with Crippen LogP contribution in [0.4, 0.5) is 0 Å². The molecule has 4 aliphatic rings. The van der Waals surface area contributed by atoms with Crippen molar-refractivity contribution in [2.75, 3.05) is 7.05 Å². The van der Waals surface area contributed by atoms with Crippen LogP contribution in [0.15, 0.2) is 0 Å². The second-order valence-corrected chi connectivity index (χ2v) is 7.24. The van der Waals surface area contributed by atoms with Gasteiger partial charge in [0.05, 0.1) is 6.07 Å². The van der Waals surface area contributed by atoms with Gasteiger partial charge in [-0.3, -0.25) is 9.59 Å². The summed E-state index contributed by atoms with van der Waals surface area (Å²) in [5.41, 5.74) is 0.106. The van der Waals surface area contributed by atoms with E-state index in [1.54, 1.807) is 0 Å². The molecule has 4 bridgehead atoms. The zero-order valence-corrected chi connectivity index (χ0v) is 12.0. The van der Waals surface area contributed by atoms with Crippen LogP contribution in [-0.2, 0) is 9.59 Å². The predicted molar refractivity (Wildman–Crippen MR) is 73.4 cm³/mol. The molecule has 0 unspecified atom stereocenters. The fraction of sp³-hybridized carbons (Fsp3) is 0.812. The molecule has 1 N–H and O–H groups in total. The third-order valence-electron chi connectivity index (χ3n) is 5.67. The number of Topliss-reactive ketones (excluding diaryl/α,β-unsaturated/α-hetero) is 1. The number of amides is 1. The van der Waals surface area contributed by atoms with Crippen molar-refractivity contribution in [2.45, 2.75) is 44.9 Å². The van der Waals surface area contributed by atoms with Crippen molar-refractivity contribution in [3.63, 3.8) is 0 Å². The maximum absolute atomic E-state index is 12.4. The molecule has 0 radical (unpaired) electrons. The molecule has 4 heteroatoms. The van der Waals surface area contributed by atoms with Gasteiger partial charge in [0, 0.05) is 13.5 Å². The van der Waals surface area contributed by atoms with E-state index in [1.807, 2.05) is 6.07 Å². The summed E-state index contributed by atoms with van der Waals surface area (Å²) < 4.78 is 0. The molecular weight excluding hydrogens is 252 g/mol. The molecule has 0 aromatic heterocycles. The molecule has 4 saturated carbocycles. The number of carbonyl (C=O) groups excluding carboxylic acids is 2. The summed E-state index contributed by atoms with van der Waals surface area (Å²) in [6, 6.07) is 1.87. The topological polar surface area (TPSA) is 70.0 Å². The van der Waals surface area contributed by atoms with E-state index in [2.05, 4.69) is 5.32 Å². The van der Waals surface area contributed by atoms with Gasteiger partial charge in [0.2, 0.25) is 5.91 Å². The fourth-order valence-electron chi connectivity index (χ4n) is 5.40. The number of carbonyl (C=O) groups is 2. The lowest BCUT2D eigenvalue weighted by Crippen LogP contribution is -2.48. The molecule has 20 heavy (non-hydrogen) atoms. The Balaban J connectivity index is 1.73. The van der Waals surface area contributed by atoms with E-state index >= 15 is 0 Å². The van der Waals surface area contributed by atoms with Gasteiger partial charge in [-0.25, -0.2) is 0 Å². The van der Waals surface area contributed by atoms with Crippen LogP contribution < -0.4 is 5.32 Å². The van der Waals surface area contributed by atoms with Gasteiger partial charge >= 0.3 is 0 Å². The first-order chi connectivity index (χ1) is 9.55. The van der Waals surface area contributed by atoms with Gasteiger partial charge in [-0.05, 0) is 61.7 Å². The van der Waals surface area contributed by atoms with Crippen LogP contribution in [-0.4, -0.2) is 18.7 Å². The highest BCUT2D eigenvalue weighted by Crippen LogP contribution is 2.61. The molecule has 1 amide bonds. The molecule has 0 spiro atoms. The summed E-state index contributed by atoms with van der Waals surface area (Å²) in [4.78, 5) is 24.0. The van der Waals surface area contributed by atoms with Crippen molar-refractivity contribution in [1.82, 2.24) is 5.32 Å². The first-order valence-corrected chi connectivity index (χ1v) is 7.69. The SMILES string of the molecule is CNC(=O)[C@H](C#N)C(=O)CC12CC3CC(CC(C3)C1)C2. The van der Waals surface area contributed by atoms with Crippen LogP contribution in [0.5, 0.6) is 0 Å². The summed E-state index contributed by atoms with van der Waals surface area (Å²) >= 11 is 0. The van der Waals surface area contributed by atoms with Gasteiger partial charge in [0.15, 0.2) is 11.7 Å². The molecule has 0 saturated heterocycles. The smallest absolute Gasteiger partial charge is 0.244 e. The molecule has 4 aliphatic carbocycles. The fourth-order valence-corrected chi connectivity index (χ4v) is 5.40. The summed E-state index contributed by atoms with van der Waals surface area (Å²) in [7, 11) is 1.48. The van der Waals surface area contributed by atoms with Crippen LogP contribution in [0, 0.1) is 40.4 Å². The minimum absolute atomic E-state index is 0.106. The normalized spacial score (nSPS) is 39.1. The average molecular weight is 274 g/mol. The second kappa shape index (κ2) is 4.87. The molecular formula is C16H22N2O2. The summed E-state index contributed by atoms with van der Waals surface area (Å²) in [5, 5.41) is 11.5. The van der Waals surface area contributed by atoms with Crippen LogP contribution in [0.25, 0.3) is 0 Å². The third kappa shape index (κ3) is 2.24. The Bertz CT molecular complexity index is 442. The molecule has 0 heterocycles. The minimum atomic E-state index is -1.12. The molecule has 4 nitrogen and oxygen atoms in total. The summed E-state index contributed by atoms with van der Waals surface area (Å²) in [5.74, 6) is 0.614. The van der Waals surface area contributed by atoms with Crippen molar-refractivity contribution in [3.05, 3.63) is 0 Å². The Morgan fingerprint density at radius 2 is 1.70 bits per heavy atom. The van der Waals surface area contributed by atoms with Crippen molar-refractivity contribution >= 4 is 11.7 Å². The second-order valence-electron chi connectivity index (χ2n) is 7.24. The Morgan fingerprint density at radius 1 is 1.20 bits per heavy atom. The van der Waals surface area contributed by atoms with E-state index in [1.165, 1.54) is 26.3 Å². The molecule has 1 atom stereocenters. The van der Waals surface area contributed by atoms with Gasteiger partial charge in [-0.1, -0.05) is 0 Å². The van der Waals surface area contributed by atoms with Crippen molar-refractivity contribution in [3.8, 4) is 6.07 Å². The quantitative estimate of drug-likeness (QED) is 0.798. The van der Waals surface area contributed by atoms with E-state index < -0.39 is 11.8 Å². The van der Waals surface area contributed by atoms with Crippen LogP contribution in [0.2, 0.25) is 0 Å². The first kappa shape index (κ1) is 13.6. The first-order valence-electron chi connectivity index (χ1n) is 7.69. The third-order valence-corrected chi connectivity index (χ3v) is 5.67. The molecule has 4 rings (SSSR count). The lowest BCUT2D eigenvalue weighted by atomic mass is 9.48. The Labute approximate surface area is 119 Å². The molecule has 0 aromatic carbocycles. The van der Waals surface area contributed by atoms with E-state index in [4.69, 9.17) is 5.26 Å². The van der Waals surface area contributed by atoms with Crippen LogP contribution >= 0.6 is 0 Å². The predicted octanol–water partition coefficient (Wildman–Crippen LogP) is 2.05. The van der Waals surface area contributed by atoms with Gasteiger partial charge in [-0.2, -0.15) is 5.26 Å². The molecule has 4 fully saturated rings. The summed E-state index contributed by atoms with van der Waals surface area (Å²) in [6.07, 6.45) is 7.85. The number of hydrogen-bond acceptors (Lipinski definition) is 3. The number of ketones is 1. The summed E-state index contributed by atoms with van der Waals surface area (Å²) in [6.45, 7) is 0. The van der Waals surface area contributed by atoms with Crippen molar-refractivity contribution < 1.29 is 9.59 Å². The van der Waals surface area contributed by atoms with Gasteiger partial charge < -0.3 is 5.32 Å². The Morgan fingerprint density at radius 3 is 2.10 bits per heavy atom. The molecule has 0 aliphatic heterocycles. The molecule has 108 valence electrons. The van der Waals surface area contributed by atoms with E-state index in [0.29, 0.717) is 6.42 Å². The van der Waals surface area contributed by atoms with Crippen molar-refractivity contribution in [1.29, 1.82) is 5.26 Å². The van der Waals surface area contributed by atoms with E-state index in [0.717, 1.165) is 37.0 Å². The number of hydrogen-bond donors (Lipinski definition) is 1. The Kier molecular flexibility index (Phi) is 3.32. The lowest BCUT2D eigenvalue weighted by molar-refractivity contribution is -0.136.